The zero-order chi connectivity index (χ0) is 16.4. The van der Waals surface area contributed by atoms with Gasteiger partial charge >= 0.3 is 0 Å². The molecule has 0 unspecified atom stereocenters. The van der Waals surface area contributed by atoms with Crippen molar-refractivity contribution in [3.63, 3.8) is 0 Å². The highest BCUT2D eigenvalue weighted by Crippen LogP contribution is 2.32. The Morgan fingerprint density at radius 1 is 1.17 bits per heavy atom. The molecule has 0 fully saturated rings. The smallest absolute Gasteiger partial charge is 0.154 e. The molecule has 0 bridgehead atoms. The third-order valence-corrected chi connectivity index (χ3v) is 4.07. The second kappa shape index (κ2) is 6.42. The molecule has 4 nitrogen and oxygen atoms in total. The second-order valence-electron chi connectivity index (χ2n) is 5.11. The lowest BCUT2D eigenvalue weighted by molar-refractivity contribution is 0.636. The number of pyridine rings is 2. The fraction of sp³-hybridized carbons (Fsp3) is 0.176. The summed E-state index contributed by atoms with van der Waals surface area (Å²) in [4.78, 5) is 8.90. The maximum Gasteiger partial charge on any atom is 0.154 e. The molecule has 23 heavy (non-hydrogen) atoms. The number of benzene rings is 1. The maximum absolute atomic E-state index is 14.7. The number of nitrogens with zero attached hydrogens (tertiary/aromatic N) is 2. The molecule has 2 aromatic heterocycles. The summed E-state index contributed by atoms with van der Waals surface area (Å²) in [5, 5.41) is 3.88. The van der Waals surface area contributed by atoms with Crippen LogP contribution in [-0.4, -0.2) is 23.3 Å². The van der Waals surface area contributed by atoms with Crippen LogP contribution >= 0.6 is 11.9 Å². The minimum atomic E-state index is -0.272. The third kappa shape index (κ3) is 2.94. The van der Waals surface area contributed by atoms with E-state index in [1.165, 1.54) is 11.9 Å². The molecule has 2 N–H and O–H groups in total. The van der Waals surface area contributed by atoms with Crippen LogP contribution in [-0.2, 0) is 0 Å². The zero-order valence-corrected chi connectivity index (χ0v) is 14.0. The summed E-state index contributed by atoms with van der Waals surface area (Å²) < 4.78 is 17.7. The second-order valence-corrected chi connectivity index (χ2v) is 5.72. The van der Waals surface area contributed by atoms with Crippen LogP contribution in [0.15, 0.2) is 36.5 Å². The van der Waals surface area contributed by atoms with Crippen LogP contribution in [0.3, 0.4) is 0 Å². The first-order valence-electron chi connectivity index (χ1n) is 7.17. The van der Waals surface area contributed by atoms with Gasteiger partial charge in [0.15, 0.2) is 5.82 Å². The quantitative estimate of drug-likeness (QED) is 0.692. The van der Waals surface area contributed by atoms with Gasteiger partial charge in [0.1, 0.15) is 5.82 Å². The van der Waals surface area contributed by atoms with E-state index in [-0.39, 0.29) is 5.82 Å². The van der Waals surface area contributed by atoms with Crippen molar-refractivity contribution >= 4 is 34.4 Å². The number of aromatic nitrogens is 2. The number of aryl methyl sites for hydroxylation is 1. The molecule has 0 atom stereocenters. The molecule has 118 valence electrons. The number of anilines is 2. The predicted molar refractivity (Wildman–Crippen MR) is 96.4 cm³/mol. The Hall–Kier alpha value is -2.34. The normalized spacial score (nSPS) is 10.8. The van der Waals surface area contributed by atoms with Crippen molar-refractivity contribution in [3.8, 4) is 11.1 Å². The van der Waals surface area contributed by atoms with Gasteiger partial charge in [0, 0.05) is 47.8 Å². The van der Waals surface area contributed by atoms with E-state index in [0.29, 0.717) is 11.3 Å². The van der Waals surface area contributed by atoms with Crippen molar-refractivity contribution in [1.82, 2.24) is 9.97 Å². The van der Waals surface area contributed by atoms with Crippen LogP contribution in [0, 0.1) is 12.7 Å². The summed E-state index contributed by atoms with van der Waals surface area (Å²) in [6, 6.07) is 9.15. The van der Waals surface area contributed by atoms with E-state index in [1.807, 2.05) is 38.4 Å². The van der Waals surface area contributed by atoms with Crippen molar-refractivity contribution in [1.29, 1.82) is 0 Å². The minimum absolute atomic E-state index is 0.272. The van der Waals surface area contributed by atoms with E-state index < -0.39 is 0 Å². The number of hydrogen-bond acceptors (Lipinski definition) is 5. The topological polar surface area (TPSA) is 49.8 Å². The molecule has 0 spiro atoms. The molecule has 3 aromatic rings. The number of fused-ring (bicyclic) bond motifs is 1. The first-order chi connectivity index (χ1) is 11.1. The van der Waals surface area contributed by atoms with Gasteiger partial charge in [-0.25, -0.2) is 9.37 Å². The Kier molecular flexibility index (Phi) is 4.34. The number of rotatable bonds is 4. The molecule has 0 saturated heterocycles. The molecule has 0 aliphatic rings. The van der Waals surface area contributed by atoms with Gasteiger partial charge in [0.05, 0.1) is 11.2 Å². The Morgan fingerprint density at radius 3 is 2.74 bits per heavy atom. The monoisotopic (exact) mass is 328 g/mol. The Morgan fingerprint density at radius 2 is 2.00 bits per heavy atom. The van der Waals surface area contributed by atoms with Gasteiger partial charge < -0.3 is 10.0 Å². The Balaban J connectivity index is 2.17. The van der Waals surface area contributed by atoms with E-state index in [1.54, 1.807) is 18.3 Å². The molecule has 0 saturated carbocycles. The van der Waals surface area contributed by atoms with Crippen LogP contribution < -0.4 is 10.0 Å². The fourth-order valence-electron chi connectivity index (χ4n) is 2.50. The first kappa shape index (κ1) is 15.6. The zero-order valence-electron chi connectivity index (χ0n) is 13.1. The summed E-state index contributed by atoms with van der Waals surface area (Å²) in [6.07, 6.45) is 3.61. The number of nitrogens with one attached hydrogen (secondary N) is 2. The fourth-order valence-corrected chi connectivity index (χ4v) is 2.88. The van der Waals surface area contributed by atoms with Crippen molar-refractivity contribution < 1.29 is 4.39 Å². The van der Waals surface area contributed by atoms with Crippen molar-refractivity contribution in [3.05, 3.63) is 48.0 Å². The molecule has 0 amide bonds. The molecule has 3 rings (SSSR count). The van der Waals surface area contributed by atoms with Crippen molar-refractivity contribution in [2.24, 2.45) is 0 Å². The first-order valence-corrected chi connectivity index (χ1v) is 8.39. The molecular formula is C17H17FN4S. The highest BCUT2D eigenvalue weighted by Gasteiger charge is 2.13. The van der Waals surface area contributed by atoms with E-state index in [9.17, 15) is 4.39 Å². The molecular weight excluding hydrogens is 311 g/mol. The van der Waals surface area contributed by atoms with Crippen molar-refractivity contribution in [2.75, 3.05) is 23.3 Å². The molecule has 0 radical (unpaired) electrons. The van der Waals surface area contributed by atoms with Gasteiger partial charge in [-0.15, -0.1) is 0 Å². The molecule has 0 aliphatic carbocycles. The lowest BCUT2D eigenvalue weighted by Gasteiger charge is -2.12. The molecule has 2 heterocycles. The lowest BCUT2D eigenvalue weighted by atomic mass is 10.0. The number of hydrogen-bond donors (Lipinski definition) is 2. The number of halogens is 1. The van der Waals surface area contributed by atoms with Crippen molar-refractivity contribution in [2.45, 2.75) is 6.92 Å². The summed E-state index contributed by atoms with van der Waals surface area (Å²) in [7, 11) is 1.81. The minimum Gasteiger partial charge on any atom is -0.373 e. The Labute approximate surface area is 138 Å². The van der Waals surface area contributed by atoms with Crippen LogP contribution in [0.2, 0.25) is 0 Å². The van der Waals surface area contributed by atoms with Gasteiger partial charge in [-0.2, -0.15) is 0 Å². The summed E-state index contributed by atoms with van der Waals surface area (Å²) in [5.41, 5.74) is 3.40. The van der Waals surface area contributed by atoms with Crippen LogP contribution in [0.1, 0.15) is 5.69 Å². The van der Waals surface area contributed by atoms with Gasteiger partial charge in [0.2, 0.25) is 0 Å². The molecule has 1 aromatic carbocycles. The van der Waals surface area contributed by atoms with Gasteiger partial charge in [-0.05, 0) is 19.1 Å². The largest absolute Gasteiger partial charge is 0.373 e. The third-order valence-electron chi connectivity index (χ3n) is 3.65. The average Bonchev–Trinajstić information content (AvgIpc) is 2.56. The van der Waals surface area contributed by atoms with Crippen LogP contribution in [0.5, 0.6) is 0 Å². The summed E-state index contributed by atoms with van der Waals surface area (Å²) in [6.45, 7) is 1.89. The molecule has 6 heteroatoms. The van der Waals surface area contributed by atoms with E-state index in [2.05, 4.69) is 20.0 Å². The highest BCUT2D eigenvalue weighted by atomic mass is 32.2. The standard InChI is InChI=1S/C17H17FN4S/c1-10-13(12-5-4-6-14(17(12)18)22-23-3)7-11-9-20-16(19-2)8-15(11)21-10/h4-9,22H,1-3H3,(H,19,20). The van der Waals surface area contributed by atoms with Gasteiger partial charge in [-0.3, -0.25) is 4.98 Å². The Bertz CT molecular complexity index is 867. The highest BCUT2D eigenvalue weighted by molar-refractivity contribution is 7.99. The maximum atomic E-state index is 14.7. The van der Waals surface area contributed by atoms with Crippen LogP contribution in [0.4, 0.5) is 15.9 Å². The average molecular weight is 328 g/mol. The van der Waals surface area contributed by atoms with E-state index >= 15 is 0 Å². The summed E-state index contributed by atoms with van der Waals surface area (Å²) >= 11 is 1.36. The lowest BCUT2D eigenvalue weighted by Crippen LogP contribution is -1.97. The van der Waals surface area contributed by atoms with Gasteiger partial charge in [0.25, 0.3) is 0 Å². The predicted octanol–water partition coefficient (Wildman–Crippen LogP) is 4.48. The SMILES string of the molecule is CNc1cc2nc(C)c(-c3cccc(NSC)c3F)cc2cn1. The van der Waals surface area contributed by atoms with Gasteiger partial charge in [-0.1, -0.05) is 24.1 Å². The van der Waals surface area contributed by atoms with Crippen LogP contribution in [0.25, 0.3) is 22.0 Å². The molecule has 0 aliphatic heterocycles. The van der Waals surface area contributed by atoms with E-state index in [0.717, 1.165) is 28.0 Å². The summed E-state index contributed by atoms with van der Waals surface area (Å²) in [5.74, 6) is 0.486. The van der Waals surface area contributed by atoms with E-state index in [4.69, 9.17) is 0 Å².